The standard InChI is InChI=1S/C18H19N5O4S/c1-13(14-4-6-15(7-5-14)22-11-3-10-20-22)21-17-9-8-16(28(26,27)19-2)12-18(17)23(24)25/h3-13,19,21H,1-2H3. The second-order valence-electron chi connectivity index (χ2n) is 6.05. The summed E-state index contributed by atoms with van der Waals surface area (Å²) >= 11 is 0. The highest BCUT2D eigenvalue weighted by molar-refractivity contribution is 7.89. The van der Waals surface area contributed by atoms with Gasteiger partial charge < -0.3 is 5.32 Å². The minimum Gasteiger partial charge on any atom is -0.373 e. The number of aromatic nitrogens is 2. The second kappa shape index (κ2) is 7.79. The van der Waals surface area contributed by atoms with Gasteiger partial charge in [0, 0.05) is 24.5 Å². The van der Waals surface area contributed by atoms with Crippen molar-refractivity contribution in [2.24, 2.45) is 0 Å². The number of anilines is 1. The van der Waals surface area contributed by atoms with E-state index in [0.29, 0.717) is 0 Å². The summed E-state index contributed by atoms with van der Waals surface area (Å²) < 4.78 is 27.7. The highest BCUT2D eigenvalue weighted by Crippen LogP contribution is 2.30. The van der Waals surface area contributed by atoms with Crippen molar-refractivity contribution in [2.45, 2.75) is 17.9 Å². The summed E-state index contributed by atoms with van der Waals surface area (Å²) in [6.45, 7) is 1.87. The molecule has 10 heteroatoms. The number of nitrogens with one attached hydrogen (secondary N) is 2. The molecular formula is C18H19N5O4S. The average molecular weight is 401 g/mol. The fraction of sp³-hybridized carbons (Fsp3) is 0.167. The van der Waals surface area contributed by atoms with Crippen LogP contribution in [0.3, 0.4) is 0 Å². The maximum atomic E-state index is 11.9. The lowest BCUT2D eigenvalue weighted by molar-refractivity contribution is -0.384. The lowest BCUT2D eigenvalue weighted by Crippen LogP contribution is -2.19. The Hall–Kier alpha value is -3.24. The van der Waals surface area contributed by atoms with Gasteiger partial charge in [-0.05, 0) is 49.9 Å². The third-order valence-electron chi connectivity index (χ3n) is 4.28. The molecule has 146 valence electrons. The molecule has 2 N–H and O–H groups in total. The fourth-order valence-electron chi connectivity index (χ4n) is 2.72. The second-order valence-corrected chi connectivity index (χ2v) is 7.94. The molecule has 1 unspecified atom stereocenters. The molecule has 0 spiro atoms. The largest absolute Gasteiger partial charge is 0.373 e. The van der Waals surface area contributed by atoms with E-state index in [2.05, 4.69) is 15.1 Å². The topological polar surface area (TPSA) is 119 Å². The quantitative estimate of drug-likeness (QED) is 0.464. The average Bonchev–Trinajstić information content (AvgIpc) is 3.23. The van der Waals surface area contributed by atoms with Crippen LogP contribution in [0.2, 0.25) is 0 Å². The number of nitro benzene ring substituents is 1. The Kier molecular flexibility index (Phi) is 5.43. The van der Waals surface area contributed by atoms with Crippen molar-refractivity contribution < 1.29 is 13.3 Å². The first-order valence-electron chi connectivity index (χ1n) is 8.40. The minimum atomic E-state index is -3.77. The van der Waals surface area contributed by atoms with Crippen LogP contribution in [0.4, 0.5) is 11.4 Å². The first kappa shape index (κ1) is 19.5. The molecule has 1 heterocycles. The van der Waals surface area contributed by atoms with E-state index in [4.69, 9.17) is 0 Å². The van der Waals surface area contributed by atoms with E-state index < -0.39 is 14.9 Å². The van der Waals surface area contributed by atoms with Crippen molar-refractivity contribution in [1.29, 1.82) is 0 Å². The predicted molar refractivity (Wildman–Crippen MR) is 105 cm³/mol. The predicted octanol–water partition coefficient (Wildman–Crippen LogP) is 2.86. The van der Waals surface area contributed by atoms with Crippen molar-refractivity contribution in [1.82, 2.24) is 14.5 Å². The highest BCUT2D eigenvalue weighted by atomic mass is 32.2. The maximum Gasteiger partial charge on any atom is 0.293 e. The Balaban J connectivity index is 1.85. The van der Waals surface area contributed by atoms with Crippen molar-refractivity contribution >= 4 is 21.4 Å². The van der Waals surface area contributed by atoms with E-state index in [1.807, 2.05) is 43.5 Å². The van der Waals surface area contributed by atoms with Crippen LogP contribution in [0.25, 0.3) is 5.69 Å². The molecular weight excluding hydrogens is 382 g/mol. The van der Waals surface area contributed by atoms with Crippen LogP contribution in [0.15, 0.2) is 65.8 Å². The van der Waals surface area contributed by atoms with E-state index in [9.17, 15) is 18.5 Å². The van der Waals surface area contributed by atoms with Gasteiger partial charge in [0.1, 0.15) is 5.69 Å². The van der Waals surface area contributed by atoms with Crippen LogP contribution < -0.4 is 10.0 Å². The molecule has 3 rings (SSSR count). The van der Waals surface area contributed by atoms with Crippen molar-refractivity contribution in [3.05, 3.63) is 76.6 Å². The summed E-state index contributed by atoms with van der Waals surface area (Å²) in [4.78, 5) is 10.7. The molecule has 0 radical (unpaired) electrons. The summed E-state index contributed by atoms with van der Waals surface area (Å²) in [7, 11) is -2.52. The van der Waals surface area contributed by atoms with Gasteiger partial charge in [0.15, 0.2) is 0 Å². The minimum absolute atomic E-state index is 0.163. The molecule has 3 aromatic rings. The summed E-state index contributed by atoms with van der Waals surface area (Å²) in [6, 6.07) is 13.0. The maximum absolute atomic E-state index is 11.9. The van der Waals surface area contributed by atoms with Gasteiger partial charge in [-0.15, -0.1) is 0 Å². The van der Waals surface area contributed by atoms with E-state index in [1.54, 1.807) is 10.9 Å². The Bertz CT molecular complexity index is 1080. The molecule has 0 amide bonds. The molecule has 1 aromatic heterocycles. The molecule has 0 saturated carbocycles. The zero-order chi connectivity index (χ0) is 20.3. The van der Waals surface area contributed by atoms with Crippen molar-refractivity contribution in [2.75, 3.05) is 12.4 Å². The van der Waals surface area contributed by atoms with Crippen LogP contribution in [0.1, 0.15) is 18.5 Å². The molecule has 0 fully saturated rings. The first-order valence-corrected chi connectivity index (χ1v) is 9.88. The monoisotopic (exact) mass is 401 g/mol. The molecule has 1 atom stereocenters. The molecule has 0 saturated heterocycles. The van der Waals surface area contributed by atoms with E-state index >= 15 is 0 Å². The van der Waals surface area contributed by atoms with Crippen LogP contribution in [0, 0.1) is 10.1 Å². The fourth-order valence-corrected chi connectivity index (χ4v) is 3.47. The molecule has 0 aliphatic rings. The zero-order valence-corrected chi connectivity index (χ0v) is 16.1. The number of nitro groups is 1. The van der Waals surface area contributed by atoms with E-state index in [0.717, 1.165) is 17.3 Å². The zero-order valence-electron chi connectivity index (χ0n) is 15.2. The Morgan fingerprint density at radius 3 is 2.46 bits per heavy atom. The lowest BCUT2D eigenvalue weighted by Gasteiger charge is -2.17. The first-order chi connectivity index (χ1) is 13.3. The Morgan fingerprint density at radius 1 is 1.18 bits per heavy atom. The SMILES string of the molecule is CNS(=O)(=O)c1ccc(NC(C)c2ccc(-n3cccn3)cc2)c([N+](=O)[O-])c1. The third-order valence-corrected chi connectivity index (χ3v) is 5.69. The van der Waals surface area contributed by atoms with Crippen LogP contribution in [-0.4, -0.2) is 30.2 Å². The number of hydrogen-bond donors (Lipinski definition) is 2. The number of hydrogen-bond acceptors (Lipinski definition) is 6. The number of benzene rings is 2. The Labute approximate surface area is 162 Å². The highest BCUT2D eigenvalue weighted by Gasteiger charge is 2.21. The smallest absolute Gasteiger partial charge is 0.293 e. The number of nitrogens with zero attached hydrogens (tertiary/aromatic N) is 3. The van der Waals surface area contributed by atoms with Crippen LogP contribution in [0.5, 0.6) is 0 Å². The van der Waals surface area contributed by atoms with Gasteiger partial charge >= 0.3 is 0 Å². The van der Waals surface area contributed by atoms with Gasteiger partial charge in [0.05, 0.1) is 15.5 Å². The van der Waals surface area contributed by atoms with E-state index in [1.165, 1.54) is 19.2 Å². The summed E-state index contributed by atoms with van der Waals surface area (Å²) in [6.07, 6.45) is 3.52. The molecule has 0 bridgehead atoms. The van der Waals surface area contributed by atoms with Gasteiger partial charge in [-0.2, -0.15) is 5.10 Å². The van der Waals surface area contributed by atoms with Gasteiger partial charge in [-0.3, -0.25) is 10.1 Å². The number of sulfonamides is 1. The molecule has 9 nitrogen and oxygen atoms in total. The van der Waals surface area contributed by atoms with Crippen molar-refractivity contribution in [3.8, 4) is 5.69 Å². The van der Waals surface area contributed by atoms with Crippen molar-refractivity contribution in [3.63, 3.8) is 0 Å². The summed E-state index contributed by atoms with van der Waals surface area (Å²) in [5.74, 6) is 0. The lowest BCUT2D eigenvalue weighted by atomic mass is 10.1. The summed E-state index contributed by atoms with van der Waals surface area (Å²) in [5.41, 5.74) is 1.74. The van der Waals surface area contributed by atoms with E-state index in [-0.39, 0.29) is 22.3 Å². The van der Waals surface area contributed by atoms with Gasteiger partial charge in [0.2, 0.25) is 10.0 Å². The number of rotatable bonds is 7. The Morgan fingerprint density at radius 2 is 1.89 bits per heavy atom. The molecule has 0 aliphatic heterocycles. The molecule has 0 aliphatic carbocycles. The van der Waals surface area contributed by atoms with Gasteiger partial charge in [-0.25, -0.2) is 17.8 Å². The van der Waals surface area contributed by atoms with Crippen LogP contribution in [-0.2, 0) is 10.0 Å². The molecule has 2 aromatic carbocycles. The van der Waals surface area contributed by atoms with Gasteiger partial charge in [-0.1, -0.05) is 12.1 Å². The third kappa shape index (κ3) is 4.02. The van der Waals surface area contributed by atoms with Gasteiger partial charge in [0.25, 0.3) is 5.69 Å². The van der Waals surface area contributed by atoms with Crippen LogP contribution >= 0.6 is 0 Å². The summed E-state index contributed by atoms with van der Waals surface area (Å²) in [5, 5.41) is 18.7. The molecule has 28 heavy (non-hydrogen) atoms. The normalized spacial score (nSPS) is 12.5.